The highest BCUT2D eigenvalue weighted by atomic mass is 16.6. The van der Waals surface area contributed by atoms with E-state index in [1.165, 1.54) is 37.8 Å². The van der Waals surface area contributed by atoms with Gasteiger partial charge in [-0.25, -0.2) is 0 Å². The second-order valence-electron chi connectivity index (χ2n) is 6.69. The molecule has 0 aromatic heterocycles. The Kier molecular flexibility index (Phi) is 8.49. The van der Waals surface area contributed by atoms with Gasteiger partial charge in [0.05, 0.1) is 4.92 Å². The van der Waals surface area contributed by atoms with Gasteiger partial charge in [0, 0.05) is 24.9 Å². The van der Waals surface area contributed by atoms with Crippen molar-refractivity contribution >= 4 is 11.9 Å². The summed E-state index contributed by atoms with van der Waals surface area (Å²) in [6.45, 7) is 5.71. The van der Waals surface area contributed by atoms with E-state index in [0.717, 1.165) is 23.4 Å². The Labute approximate surface area is 161 Å². The molecular weight excluding hydrogens is 340 g/mol. The van der Waals surface area contributed by atoms with Crippen molar-refractivity contribution in [3.63, 3.8) is 0 Å². The van der Waals surface area contributed by atoms with E-state index in [9.17, 15) is 10.1 Å². The highest BCUT2D eigenvalue weighted by molar-refractivity contribution is 5.79. The summed E-state index contributed by atoms with van der Waals surface area (Å²) in [5, 5.41) is 10.7. The van der Waals surface area contributed by atoms with Crippen LogP contribution in [0.5, 0.6) is 5.75 Å². The van der Waals surface area contributed by atoms with Crippen LogP contribution in [0.15, 0.2) is 53.5 Å². The van der Waals surface area contributed by atoms with Gasteiger partial charge in [-0.2, -0.15) is 0 Å². The normalized spacial score (nSPS) is 12.2. The van der Waals surface area contributed by atoms with Gasteiger partial charge < -0.3 is 4.74 Å². The average molecular weight is 368 g/mol. The van der Waals surface area contributed by atoms with Crippen molar-refractivity contribution in [1.29, 1.82) is 0 Å². The maximum absolute atomic E-state index is 10.7. The maximum atomic E-state index is 10.7. The lowest BCUT2D eigenvalue weighted by atomic mass is 10.00. The average Bonchev–Trinajstić information content (AvgIpc) is 2.70. The minimum Gasteiger partial charge on any atom is -0.489 e. The maximum Gasteiger partial charge on any atom is 0.269 e. The zero-order valence-electron chi connectivity index (χ0n) is 16.1. The minimum absolute atomic E-state index is 0.0856. The van der Waals surface area contributed by atoms with Crippen LogP contribution < -0.4 is 4.74 Å². The quantitative estimate of drug-likeness (QED) is 0.286. The fourth-order valence-corrected chi connectivity index (χ4v) is 2.76. The molecule has 0 fully saturated rings. The Morgan fingerprint density at radius 2 is 1.81 bits per heavy atom. The summed E-state index contributed by atoms with van der Waals surface area (Å²) in [4.78, 5) is 14.8. The predicted molar refractivity (Wildman–Crippen MR) is 110 cm³/mol. The van der Waals surface area contributed by atoms with Crippen LogP contribution in [0.25, 0.3) is 0 Å². The van der Waals surface area contributed by atoms with Gasteiger partial charge in [-0.3, -0.25) is 15.1 Å². The number of nitrogens with zero attached hydrogens (tertiary/aromatic N) is 2. The van der Waals surface area contributed by atoms with Gasteiger partial charge in [0.2, 0.25) is 0 Å². The van der Waals surface area contributed by atoms with Crippen molar-refractivity contribution in [2.45, 2.75) is 46.1 Å². The van der Waals surface area contributed by atoms with Gasteiger partial charge in [0.15, 0.2) is 0 Å². The lowest BCUT2D eigenvalue weighted by Gasteiger charge is -2.10. The molecule has 27 heavy (non-hydrogen) atoms. The van der Waals surface area contributed by atoms with Gasteiger partial charge in [-0.05, 0) is 59.9 Å². The summed E-state index contributed by atoms with van der Waals surface area (Å²) in [6, 6.07) is 14.2. The molecule has 5 heteroatoms. The van der Waals surface area contributed by atoms with Crippen LogP contribution in [-0.2, 0) is 6.61 Å². The van der Waals surface area contributed by atoms with E-state index in [1.54, 1.807) is 12.1 Å². The molecule has 0 spiro atoms. The highest BCUT2D eigenvalue weighted by Crippen LogP contribution is 2.17. The summed E-state index contributed by atoms with van der Waals surface area (Å²) >= 11 is 0. The second kappa shape index (κ2) is 11.1. The molecule has 1 atom stereocenters. The Morgan fingerprint density at radius 3 is 2.41 bits per heavy atom. The molecule has 0 amide bonds. The highest BCUT2D eigenvalue weighted by Gasteiger charge is 2.05. The molecule has 0 saturated carbocycles. The zero-order valence-corrected chi connectivity index (χ0v) is 16.1. The summed E-state index contributed by atoms with van der Waals surface area (Å²) in [5.41, 5.74) is 2.04. The lowest BCUT2D eigenvalue weighted by molar-refractivity contribution is -0.384. The van der Waals surface area contributed by atoms with Crippen LogP contribution in [0.1, 0.15) is 50.7 Å². The van der Waals surface area contributed by atoms with E-state index in [0.29, 0.717) is 12.5 Å². The number of hydrogen-bond acceptors (Lipinski definition) is 4. The third-order valence-corrected chi connectivity index (χ3v) is 4.58. The first-order chi connectivity index (χ1) is 13.1. The molecule has 0 bridgehead atoms. The van der Waals surface area contributed by atoms with Crippen molar-refractivity contribution in [1.82, 2.24) is 0 Å². The van der Waals surface area contributed by atoms with Gasteiger partial charge in [0.1, 0.15) is 12.4 Å². The van der Waals surface area contributed by atoms with Crippen LogP contribution in [0.4, 0.5) is 5.69 Å². The number of nitro groups is 1. The Hall–Kier alpha value is -2.69. The molecule has 5 nitrogen and oxygen atoms in total. The topological polar surface area (TPSA) is 64.7 Å². The Bertz CT molecular complexity index is 724. The molecular formula is C22H28N2O3. The predicted octanol–water partition coefficient (Wildman–Crippen LogP) is 5.81. The summed E-state index contributed by atoms with van der Waals surface area (Å²) in [5.74, 6) is 1.44. The number of nitro benzene ring substituents is 1. The number of benzene rings is 2. The van der Waals surface area contributed by atoms with E-state index in [4.69, 9.17) is 4.74 Å². The number of unbranched alkanes of at least 4 members (excludes halogenated alkanes) is 1. The van der Waals surface area contributed by atoms with Crippen LogP contribution in [-0.4, -0.2) is 17.7 Å². The minimum atomic E-state index is -0.405. The van der Waals surface area contributed by atoms with Gasteiger partial charge in [0.25, 0.3) is 5.69 Å². The lowest BCUT2D eigenvalue weighted by Crippen LogP contribution is -2.03. The largest absolute Gasteiger partial charge is 0.489 e. The van der Waals surface area contributed by atoms with Crippen LogP contribution in [0.2, 0.25) is 0 Å². The first-order valence-electron chi connectivity index (χ1n) is 9.58. The summed E-state index contributed by atoms with van der Waals surface area (Å²) < 4.78 is 5.74. The molecule has 0 aliphatic rings. The van der Waals surface area contributed by atoms with E-state index in [1.807, 2.05) is 30.5 Å². The molecule has 2 aromatic rings. The van der Waals surface area contributed by atoms with E-state index in [-0.39, 0.29) is 5.69 Å². The van der Waals surface area contributed by atoms with Crippen molar-refractivity contribution in [3.8, 4) is 5.75 Å². The number of non-ortho nitro benzene ring substituents is 1. The fourth-order valence-electron chi connectivity index (χ4n) is 2.76. The van der Waals surface area contributed by atoms with Crippen molar-refractivity contribution in [2.24, 2.45) is 10.9 Å². The number of hydrogen-bond donors (Lipinski definition) is 0. The van der Waals surface area contributed by atoms with Crippen molar-refractivity contribution in [2.75, 3.05) is 6.54 Å². The third kappa shape index (κ3) is 7.21. The summed E-state index contributed by atoms with van der Waals surface area (Å²) in [7, 11) is 0. The molecule has 0 aliphatic carbocycles. The molecule has 0 N–H and O–H groups in total. The molecule has 0 aliphatic heterocycles. The first kappa shape index (κ1) is 20.6. The Morgan fingerprint density at radius 1 is 1.11 bits per heavy atom. The molecule has 1 unspecified atom stereocenters. The van der Waals surface area contributed by atoms with Crippen molar-refractivity contribution in [3.05, 3.63) is 69.8 Å². The molecule has 0 saturated heterocycles. The number of rotatable bonds is 11. The number of aliphatic imine (C=N–C) groups is 1. The molecule has 0 heterocycles. The summed E-state index contributed by atoms with van der Waals surface area (Å²) in [6.07, 6.45) is 6.86. The Balaban J connectivity index is 1.82. The third-order valence-electron chi connectivity index (χ3n) is 4.58. The van der Waals surface area contributed by atoms with E-state index < -0.39 is 4.92 Å². The molecule has 144 valence electrons. The molecule has 2 aromatic carbocycles. The molecule has 2 rings (SSSR count). The monoisotopic (exact) mass is 368 g/mol. The smallest absolute Gasteiger partial charge is 0.269 e. The standard InChI is InChI=1S/C22H28N2O3/c1-3-5-6-18(4-2)15-23-16-19-9-13-22(14-10-19)27-17-20-7-11-21(12-8-20)24(25)26/h7-14,16,18H,3-6,15,17H2,1-2H3. The van der Waals surface area contributed by atoms with Crippen LogP contribution >= 0.6 is 0 Å². The fraction of sp³-hybridized carbons (Fsp3) is 0.409. The number of ether oxygens (including phenoxy) is 1. The van der Waals surface area contributed by atoms with Crippen molar-refractivity contribution < 1.29 is 9.66 Å². The molecule has 0 radical (unpaired) electrons. The van der Waals surface area contributed by atoms with Gasteiger partial charge in [-0.15, -0.1) is 0 Å². The van der Waals surface area contributed by atoms with Crippen LogP contribution in [0, 0.1) is 16.0 Å². The SMILES string of the molecule is CCCCC(CC)CN=Cc1ccc(OCc2ccc([N+](=O)[O-])cc2)cc1. The van der Waals surface area contributed by atoms with Gasteiger partial charge in [-0.1, -0.05) is 33.1 Å². The zero-order chi connectivity index (χ0) is 19.5. The van der Waals surface area contributed by atoms with Gasteiger partial charge >= 0.3 is 0 Å². The van der Waals surface area contributed by atoms with E-state index >= 15 is 0 Å². The van der Waals surface area contributed by atoms with Crippen LogP contribution in [0.3, 0.4) is 0 Å². The van der Waals surface area contributed by atoms with E-state index in [2.05, 4.69) is 18.8 Å². The second-order valence-corrected chi connectivity index (χ2v) is 6.69. The first-order valence-corrected chi connectivity index (χ1v) is 9.58.